The van der Waals surface area contributed by atoms with Gasteiger partial charge < -0.3 is 0 Å². The van der Waals surface area contributed by atoms with Crippen LogP contribution in [0, 0.1) is 5.92 Å². The van der Waals surface area contributed by atoms with E-state index >= 15 is 0 Å². The first-order valence-electron chi connectivity index (χ1n) is 5.72. The van der Waals surface area contributed by atoms with Crippen molar-refractivity contribution in [3.63, 3.8) is 0 Å². The van der Waals surface area contributed by atoms with E-state index in [2.05, 4.69) is 37.5 Å². The van der Waals surface area contributed by atoms with Gasteiger partial charge in [-0.2, -0.15) is 5.10 Å². The highest BCUT2D eigenvalue weighted by atomic mass is 15.3. The summed E-state index contributed by atoms with van der Waals surface area (Å²) in [5.41, 5.74) is 2.84. The van der Waals surface area contributed by atoms with Crippen LogP contribution < -0.4 is 0 Å². The molecule has 0 N–H and O–H groups in total. The van der Waals surface area contributed by atoms with Gasteiger partial charge in [0.05, 0.1) is 6.20 Å². The van der Waals surface area contributed by atoms with E-state index in [4.69, 9.17) is 0 Å². The van der Waals surface area contributed by atoms with Gasteiger partial charge in [-0.1, -0.05) is 27.7 Å². The Morgan fingerprint density at radius 2 is 2.00 bits per heavy atom. The average Bonchev–Trinajstić information content (AvgIpc) is 2.56. The van der Waals surface area contributed by atoms with Crippen LogP contribution in [-0.2, 0) is 19.4 Å². The lowest BCUT2D eigenvalue weighted by Gasteiger charge is -2.08. The van der Waals surface area contributed by atoms with Gasteiger partial charge in [0.1, 0.15) is 0 Å². The minimum atomic E-state index is 0.758. The van der Waals surface area contributed by atoms with E-state index in [0.29, 0.717) is 0 Å². The van der Waals surface area contributed by atoms with Gasteiger partial charge in [-0.25, -0.2) is 0 Å². The maximum Gasteiger partial charge on any atom is 0.0524 e. The van der Waals surface area contributed by atoms with Crippen molar-refractivity contribution in [2.24, 2.45) is 5.92 Å². The zero-order valence-electron chi connectivity index (χ0n) is 9.88. The fourth-order valence-electron chi connectivity index (χ4n) is 1.73. The Morgan fingerprint density at radius 1 is 1.29 bits per heavy atom. The predicted octanol–water partition coefficient (Wildman–Crippen LogP) is 3.05. The molecule has 0 aliphatic carbocycles. The minimum Gasteiger partial charge on any atom is -0.269 e. The first kappa shape index (κ1) is 11.3. The zero-order valence-corrected chi connectivity index (χ0v) is 9.88. The molecule has 0 saturated heterocycles. The third-order valence-corrected chi connectivity index (χ3v) is 2.67. The van der Waals surface area contributed by atoms with Crippen molar-refractivity contribution in [1.29, 1.82) is 0 Å². The highest BCUT2D eigenvalue weighted by Gasteiger charge is 2.07. The Kier molecular flexibility index (Phi) is 4.18. The normalized spacial score (nSPS) is 11.2. The molecule has 14 heavy (non-hydrogen) atoms. The van der Waals surface area contributed by atoms with Gasteiger partial charge in [0.15, 0.2) is 0 Å². The number of rotatable bonds is 5. The van der Waals surface area contributed by atoms with E-state index in [1.54, 1.807) is 0 Å². The van der Waals surface area contributed by atoms with Crippen LogP contribution in [0.2, 0.25) is 0 Å². The van der Waals surface area contributed by atoms with Gasteiger partial charge in [0.25, 0.3) is 0 Å². The molecule has 0 amide bonds. The molecule has 1 aromatic heterocycles. The fraction of sp³-hybridized carbons (Fsp3) is 0.750. The highest BCUT2D eigenvalue weighted by Crippen LogP contribution is 2.12. The largest absolute Gasteiger partial charge is 0.269 e. The van der Waals surface area contributed by atoms with Crippen molar-refractivity contribution >= 4 is 0 Å². The summed E-state index contributed by atoms with van der Waals surface area (Å²) >= 11 is 0. The van der Waals surface area contributed by atoms with E-state index in [1.807, 2.05) is 6.20 Å². The summed E-state index contributed by atoms with van der Waals surface area (Å²) in [6.07, 6.45) is 5.45. The van der Waals surface area contributed by atoms with Crippen LogP contribution in [0.4, 0.5) is 0 Å². The molecule has 0 unspecified atom stereocenters. The second kappa shape index (κ2) is 5.18. The average molecular weight is 194 g/mol. The first-order chi connectivity index (χ1) is 6.69. The zero-order chi connectivity index (χ0) is 10.6. The van der Waals surface area contributed by atoms with Crippen molar-refractivity contribution in [2.45, 2.75) is 53.5 Å². The Balaban J connectivity index is 2.71. The summed E-state index contributed by atoms with van der Waals surface area (Å²) in [5, 5.41) is 4.45. The van der Waals surface area contributed by atoms with Crippen molar-refractivity contribution < 1.29 is 0 Å². The Hall–Kier alpha value is -0.790. The van der Waals surface area contributed by atoms with E-state index < -0.39 is 0 Å². The lowest BCUT2D eigenvalue weighted by Crippen LogP contribution is -2.07. The SMILES string of the molecule is CCc1cnn(CCC(C)C)c1CC. The van der Waals surface area contributed by atoms with Gasteiger partial charge in [0.2, 0.25) is 0 Å². The maximum absolute atomic E-state index is 4.45. The lowest BCUT2D eigenvalue weighted by molar-refractivity contribution is 0.476. The molecule has 0 bridgehead atoms. The predicted molar refractivity (Wildman–Crippen MR) is 60.4 cm³/mol. The highest BCUT2D eigenvalue weighted by molar-refractivity contribution is 5.17. The summed E-state index contributed by atoms with van der Waals surface area (Å²) < 4.78 is 2.18. The quantitative estimate of drug-likeness (QED) is 0.704. The second-order valence-corrected chi connectivity index (χ2v) is 4.23. The van der Waals surface area contributed by atoms with E-state index in [9.17, 15) is 0 Å². The molecule has 2 heteroatoms. The van der Waals surface area contributed by atoms with Crippen LogP contribution in [0.25, 0.3) is 0 Å². The molecule has 0 radical (unpaired) electrons. The fourth-order valence-corrected chi connectivity index (χ4v) is 1.73. The van der Waals surface area contributed by atoms with Gasteiger partial charge >= 0.3 is 0 Å². The Labute approximate surface area is 87.3 Å². The van der Waals surface area contributed by atoms with Crippen molar-refractivity contribution in [3.05, 3.63) is 17.5 Å². The molecule has 0 aliphatic heterocycles. The number of hydrogen-bond acceptors (Lipinski definition) is 1. The van der Waals surface area contributed by atoms with Gasteiger partial charge in [0, 0.05) is 12.2 Å². The standard InChI is InChI=1S/C12H22N2/c1-5-11-9-13-14(12(11)6-2)8-7-10(3)4/h9-10H,5-8H2,1-4H3. The molecule has 1 heterocycles. The van der Waals surface area contributed by atoms with Crippen LogP contribution in [0.5, 0.6) is 0 Å². The van der Waals surface area contributed by atoms with Crippen LogP contribution in [0.15, 0.2) is 6.20 Å². The monoisotopic (exact) mass is 194 g/mol. The topological polar surface area (TPSA) is 17.8 Å². The molecular weight excluding hydrogens is 172 g/mol. The molecule has 0 aromatic carbocycles. The van der Waals surface area contributed by atoms with Gasteiger partial charge in [-0.3, -0.25) is 4.68 Å². The Bertz CT molecular complexity index is 274. The summed E-state index contributed by atoms with van der Waals surface area (Å²) in [5.74, 6) is 0.758. The molecule has 1 aromatic rings. The number of aromatic nitrogens is 2. The van der Waals surface area contributed by atoms with E-state index in [1.165, 1.54) is 17.7 Å². The molecule has 0 aliphatic rings. The number of hydrogen-bond donors (Lipinski definition) is 0. The third-order valence-electron chi connectivity index (χ3n) is 2.67. The number of nitrogens with zero attached hydrogens (tertiary/aromatic N) is 2. The summed E-state index contributed by atoms with van der Waals surface area (Å²) in [6.45, 7) is 10.00. The van der Waals surface area contributed by atoms with Gasteiger partial charge in [-0.15, -0.1) is 0 Å². The minimum absolute atomic E-state index is 0.758. The molecule has 1 rings (SSSR count). The van der Waals surface area contributed by atoms with Crippen LogP contribution >= 0.6 is 0 Å². The first-order valence-corrected chi connectivity index (χ1v) is 5.72. The molecule has 2 nitrogen and oxygen atoms in total. The van der Waals surface area contributed by atoms with Crippen molar-refractivity contribution in [3.8, 4) is 0 Å². The molecule has 0 fully saturated rings. The molecule has 0 saturated carbocycles. The third kappa shape index (κ3) is 2.60. The maximum atomic E-state index is 4.45. The van der Waals surface area contributed by atoms with Crippen LogP contribution in [0.1, 0.15) is 45.4 Å². The summed E-state index contributed by atoms with van der Waals surface area (Å²) in [7, 11) is 0. The van der Waals surface area contributed by atoms with Crippen LogP contribution in [-0.4, -0.2) is 9.78 Å². The van der Waals surface area contributed by atoms with Crippen LogP contribution in [0.3, 0.4) is 0 Å². The molecule has 80 valence electrons. The summed E-state index contributed by atoms with van der Waals surface area (Å²) in [6, 6.07) is 0. The van der Waals surface area contributed by atoms with Gasteiger partial charge in [-0.05, 0) is 30.7 Å². The molecule has 0 atom stereocenters. The van der Waals surface area contributed by atoms with Crippen molar-refractivity contribution in [1.82, 2.24) is 9.78 Å². The van der Waals surface area contributed by atoms with E-state index in [0.717, 1.165) is 25.3 Å². The van der Waals surface area contributed by atoms with Crippen molar-refractivity contribution in [2.75, 3.05) is 0 Å². The smallest absolute Gasteiger partial charge is 0.0524 e. The summed E-state index contributed by atoms with van der Waals surface area (Å²) in [4.78, 5) is 0. The molecule has 0 spiro atoms. The molecular formula is C12H22N2. The Morgan fingerprint density at radius 3 is 2.50 bits per heavy atom. The number of aryl methyl sites for hydroxylation is 2. The second-order valence-electron chi connectivity index (χ2n) is 4.23. The lowest BCUT2D eigenvalue weighted by atomic mass is 10.1. The van der Waals surface area contributed by atoms with E-state index in [-0.39, 0.29) is 0 Å².